The number of nitrogens with one attached hydrogen (secondary N) is 1. The van der Waals surface area contributed by atoms with Crippen LogP contribution in [0.4, 0.5) is 0 Å². The Morgan fingerprint density at radius 3 is 2.94 bits per heavy atom. The summed E-state index contributed by atoms with van der Waals surface area (Å²) in [4.78, 5) is 0. The fourth-order valence-corrected chi connectivity index (χ4v) is 3.70. The molecule has 1 saturated heterocycles. The zero-order chi connectivity index (χ0) is 12.0. The lowest BCUT2D eigenvalue weighted by molar-refractivity contribution is 0.438. The molecule has 1 aromatic heterocycles. The summed E-state index contributed by atoms with van der Waals surface area (Å²) < 4.78 is 3.38. The van der Waals surface area contributed by atoms with Crippen molar-refractivity contribution in [2.75, 3.05) is 6.54 Å². The smallest absolute Gasteiger partial charge is 0.0492 e. The molecule has 1 atom stereocenters. The van der Waals surface area contributed by atoms with Crippen molar-refractivity contribution in [3.8, 4) is 0 Å². The van der Waals surface area contributed by atoms with Crippen LogP contribution in [0.15, 0.2) is 28.9 Å². The lowest BCUT2D eigenvalue weighted by Gasteiger charge is -2.26. The number of benzene rings is 1. The lowest BCUT2D eigenvalue weighted by atomic mass is 9.88. The molecule has 1 aromatic carbocycles. The number of hydrogen-bond acceptors (Lipinski definition) is 1. The Hall–Kier alpha value is -0.800. The number of rotatable bonds is 1. The molecule has 17 heavy (non-hydrogen) atoms. The zero-order valence-electron chi connectivity index (χ0n) is 10.3. The van der Waals surface area contributed by atoms with Crippen LogP contribution in [0, 0.1) is 0 Å². The van der Waals surface area contributed by atoms with Gasteiger partial charge in [0, 0.05) is 34.2 Å². The standard InChI is InChI=1S/C14H17BrN2/c1-14(7-4-8-16-14)10-5-3-6-12-13(10)11(15)9-17(12)2/h3,5-6,9,16H,4,7-8H2,1-2H3. The highest BCUT2D eigenvalue weighted by Gasteiger charge is 2.32. The van der Waals surface area contributed by atoms with E-state index in [0.717, 1.165) is 6.54 Å². The highest BCUT2D eigenvalue weighted by atomic mass is 79.9. The van der Waals surface area contributed by atoms with E-state index in [1.807, 2.05) is 0 Å². The van der Waals surface area contributed by atoms with E-state index in [4.69, 9.17) is 0 Å². The van der Waals surface area contributed by atoms with Gasteiger partial charge in [0.2, 0.25) is 0 Å². The second-order valence-corrected chi connectivity index (χ2v) is 6.00. The van der Waals surface area contributed by atoms with E-state index in [-0.39, 0.29) is 5.54 Å². The van der Waals surface area contributed by atoms with Crippen LogP contribution in [0.1, 0.15) is 25.3 Å². The molecule has 1 unspecified atom stereocenters. The second-order valence-electron chi connectivity index (χ2n) is 5.15. The summed E-state index contributed by atoms with van der Waals surface area (Å²) in [7, 11) is 2.10. The predicted octanol–water partition coefficient (Wildman–Crippen LogP) is 3.54. The van der Waals surface area contributed by atoms with Crippen LogP contribution in [0.3, 0.4) is 0 Å². The Bertz CT molecular complexity index is 565. The first-order chi connectivity index (χ1) is 8.12. The van der Waals surface area contributed by atoms with Gasteiger partial charge >= 0.3 is 0 Å². The Morgan fingerprint density at radius 2 is 2.24 bits per heavy atom. The molecule has 1 aliphatic rings. The van der Waals surface area contributed by atoms with Gasteiger partial charge in [0.25, 0.3) is 0 Å². The normalized spacial score (nSPS) is 24.6. The maximum atomic E-state index is 3.69. The summed E-state index contributed by atoms with van der Waals surface area (Å²) in [6, 6.07) is 6.60. The second kappa shape index (κ2) is 3.85. The van der Waals surface area contributed by atoms with E-state index in [1.165, 1.54) is 33.8 Å². The van der Waals surface area contributed by atoms with E-state index >= 15 is 0 Å². The van der Waals surface area contributed by atoms with Gasteiger partial charge in [-0.3, -0.25) is 0 Å². The first-order valence-electron chi connectivity index (χ1n) is 6.11. The third kappa shape index (κ3) is 1.64. The SMILES string of the molecule is Cn1cc(Br)c2c(C3(C)CCCN3)cccc21. The predicted molar refractivity (Wildman–Crippen MR) is 75.2 cm³/mol. The van der Waals surface area contributed by atoms with Crippen molar-refractivity contribution in [2.24, 2.45) is 7.05 Å². The van der Waals surface area contributed by atoms with Gasteiger partial charge in [-0.1, -0.05) is 12.1 Å². The molecule has 1 aliphatic heterocycles. The van der Waals surface area contributed by atoms with Crippen LogP contribution in [0.5, 0.6) is 0 Å². The van der Waals surface area contributed by atoms with Crippen molar-refractivity contribution >= 4 is 26.8 Å². The van der Waals surface area contributed by atoms with E-state index in [9.17, 15) is 0 Å². The van der Waals surface area contributed by atoms with Gasteiger partial charge in [0.15, 0.2) is 0 Å². The third-order valence-electron chi connectivity index (χ3n) is 3.93. The minimum absolute atomic E-state index is 0.128. The van der Waals surface area contributed by atoms with Gasteiger partial charge in [0.1, 0.15) is 0 Å². The van der Waals surface area contributed by atoms with E-state index < -0.39 is 0 Å². The molecule has 0 bridgehead atoms. The van der Waals surface area contributed by atoms with Crippen LogP contribution >= 0.6 is 15.9 Å². The molecule has 0 spiro atoms. The maximum Gasteiger partial charge on any atom is 0.0492 e. The van der Waals surface area contributed by atoms with Crippen molar-refractivity contribution in [2.45, 2.75) is 25.3 Å². The van der Waals surface area contributed by atoms with Crippen molar-refractivity contribution in [1.82, 2.24) is 9.88 Å². The van der Waals surface area contributed by atoms with Crippen molar-refractivity contribution in [3.63, 3.8) is 0 Å². The number of aromatic nitrogens is 1. The number of halogens is 1. The van der Waals surface area contributed by atoms with Gasteiger partial charge in [-0.05, 0) is 53.9 Å². The molecule has 2 nitrogen and oxygen atoms in total. The first kappa shape index (κ1) is 11.3. The fraction of sp³-hybridized carbons (Fsp3) is 0.429. The van der Waals surface area contributed by atoms with Crippen molar-refractivity contribution in [1.29, 1.82) is 0 Å². The molecule has 0 radical (unpaired) electrons. The molecule has 0 amide bonds. The zero-order valence-corrected chi connectivity index (χ0v) is 11.8. The van der Waals surface area contributed by atoms with Gasteiger partial charge in [-0.25, -0.2) is 0 Å². The van der Waals surface area contributed by atoms with E-state index in [0.29, 0.717) is 0 Å². The van der Waals surface area contributed by atoms with Crippen LogP contribution in [-0.4, -0.2) is 11.1 Å². The minimum atomic E-state index is 0.128. The summed E-state index contributed by atoms with van der Waals surface area (Å²) in [5.41, 5.74) is 2.84. The van der Waals surface area contributed by atoms with Crippen LogP contribution in [-0.2, 0) is 12.6 Å². The molecular formula is C14H17BrN2. The summed E-state index contributed by atoms with van der Waals surface area (Å²) >= 11 is 3.69. The van der Waals surface area contributed by atoms with Crippen LogP contribution < -0.4 is 5.32 Å². The van der Waals surface area contributed by atoms with Gasteiger partial charge < -0.3 is 9.88 Å². The quantitative estimate of drug-likeness (QED) is 0.851. The number of aryl methyl sites for hydroxylation is 1. The Balaban J connectivity index is 2.29. The molecule has 3 rings (SSSR count). The van der Waals surface area contributed by atoms with Gasteiger partial charge in [0.05, 0.1) is 0 Å². The summed E-state index contributed by atoms with van der Waals surface area (Å²) in [5.74, 6) is 0. The highest BCUT2D eigenvalue weighted by Crippen LogP contribution is 2.38. The Kier molecular flexibility index (Phi) is 2.56. The van der Waals surface area contributed by atoms with E-state index in [2.05, 4.69) is 64.2 Å². The average Bonchev–Trinajstić information content (AvgIpc) is 2.86. The monoisotopic (exact) mass is 292 g/mol. The van der Waals surface area contributed by atoms with Crippen molar-refractivity contribution in [3.05, 3.63) is 34.4 Å². The number of hydrogen-bond donors (Lipinski definition) is 1. The number of fused-ring (bicyclic) bond motifs is 1. The molecule has 0 saturated carbocycles. The highest BCUT2D eigenvalue weighted by molar-refractivity contribution is 9.10. The van der Waals surface area contributed by atoms with Crippen molar-refractivity contribution < 1.29 is 0 Å². The minimum Gasteiger partial charge on any atom is -0.349 e. The lowest BCUT2D eigenvalue weighted by Crippen LogP contribution is -2.33. The molecule has 2 heterocycles. The molecular weight excluding hydrogens is 276 g/mol. The topological polar surface area (TPSA) is 17.0 Å². The van der Waals surface area contributed by atoms with Crippen LogP contribution in [0.2, 0.25) is 0 Å². The molecule has 1 fully saturated rings. The van der Waals surface area contributed by atoms with Crippen LogP contribution in [0.25, 0.3) is 10.9 Å². The third-order valence-corrected chi connectivity index (χ3v) is 4.53. The summed E-state index contributed by atoms with van der Waals surface area (Å²) in [6.07, 6.45) is 4.62. The molecule has 2 aromatic rings. The number of nitrogens with zero attached hydrogens (tertiary/aromatic N) is 1. The Labute approximate surface area is 110 Å². The molecule has 90 valence electrons. The van der Waals surface area contributed by atoms with Gasteiger partial charge in [-0.15, -0.1) is 0 Å². The van der Waals surface area contributed by atoms with E-state index in [1.54, 1.807) is 0 Å². The first-order valence-corrected chi connectivity index (χ1v) is 6.90. The fourth-order valence-electron chi connectivity index (χ4n) is 2.97. The molecule has 1 N–H and O–H groups in total. The molecule has 0 aliphatic carbocycles. The van der Waals surface area contributed by atoms with Gasteiger partial charge in [-0.2, -0.15) is 0 Å². The molecule has 3 heteroatoms. The maximum absolute atomic E-state index is 3.69. The largest absolute Gasteiger partial charge is 0.349 e. The Morgan fingerprint density at radius 1 is 1.41 bits per heavy atom. The summed E-state index contributed by atoms with van der Waals surface area (Å²) in [6.45, 7) is 3.44. The summed E-state index contributed by atoms with van der Waals surface area (Å²) in [5, 5.41) is 5.00. The average molecular weight is 293 g/mol.